The van der Waals surface area contributed by atoms with Gasteiger partial charge in [0.15, 0.2) is 11.6 Å². The number of hydrogen-bond acceptors (Lipinski definition) is 3. The van der Waals surface area contributed by atoms with E-state index in [0.29, 0.717) is 12.8 Å². The first kappa shape index (κ1) is 21.4. The Morgan fingerprint density at radius 3 is 2.31 bits per heavy atom. The SMILES string of the molecule is Cc1ccc(S(=O)(=O)N(CC(=O)Nc2ccc(F)c(F)c2)C2CCCCC2)cc1. The highest BCUT2D eigenvalue weighted by atomic mass is 32.2. The fourth-order valence-corrected chi connectivity index (χ4v) is 5.18. The van der Waals surface area contributed by atoms with Gasteiger partial charge in [-0.25, -0.2) is 17.2 Å². The van der Waals surface area contributed by atoms with Gasteiger partial charge in [-0.15, -0.1) is 0 Å². The molecule has 156 valence electrons. The molecule has 2 aromatic rings. The molecule has 0 bridgehead atoms. The van der Waals surface area contributed by atoms with Crippen molar-refractivity contribution in [1.82, 2.24) is 4.31 Å². The van der Waals surface area contributed by atoms with Gasteiger partial charge in [0, 0.05) is 17.8 Å². The largest absolute Gasteiger partial charge is 0.325 e. The van der Waals surface area contributed by atoms with Crippen molar-refractivity contribution in [2.45, 2.75) is 50.0 Å². The highest BCUT2D eigenvalue weighted by molar-refractivity contribution is 7.89. The summed E-state index contributed by atoms with van der Waals surface area (Å²) in [5.74, 6) is -2.70. The van der Waals surface area contributed by atoms with Crippen molar-refractivity contribution in [3.8, 4) is 0 Å². The minimum Gasteiger partial charge on any atom is -0.325 e. The minimum absolute atomic E-state index is 0.0743. The third kappa shape index (κ3) is 5.19. The van der Waals surface area contributed by atoms with E-state index in [0.717, 1.165) is 37.0 Å². The van der Waals surface area contributed by atoms with E-state index in [9.17, 15) is 22.0 Å². The molecule has 1 aliphatic carbocycles. The third-order valence-electron chi connectivity index (χ3n) is 5.11. The van der Waals surface area contributed by atoms with Gasteiger partial charge in [0.05, 0.1) is 11.4 Å². The molecule has 29 heavy (non-hydrogen) atoms. The van der Waals surface area contributed by atoms with Gasteiger partial charge in [-0.2, -0.15) is 4.31 Å². The molecule has 0 aliphatic heterocycles. The summed E-state index contributed by atoms with van der Waals surface area (Å²) in [6.07, 6.45) is 4.20. The number of hydrogen-bond donors (Lipinski definition) is 1. The van der Waals surface area contributed by atoms with Gasteiger partial charge in [-0.3, -0.25) is 4.79 Å². The minimum atomic E-state index is -3.88. The second kappa shape index (κ2) is 9.00. The van der Waals surface area contributed by atoms with E-state index in [4.69, 9.17) is 0 Å². The van der Waals surface area contributed by atoms with Gasteiger partial charge in [-0.1, -0.05) is 37.0 Å². The predicted molar refractivity (Wildman–Crippen MR) is 107 cm³/mol. The summed E-state index contributed by atoms with van der Waals surface area (Å²) < 4.78 is 54.3. The normalized spacial score (nSPS) is 15.4. The first-order chi connectivity index (χ1) is 13.8. The number of aryl methyl sites for hydroxylation is 1. The van der Waals surface area contributed by atoms with Crippen molar-refractivity contribution in [1.29, 1.82) is 0 Å². The molecule has 0 radical (unpaired) electrons. The number of carbonyl (C=O) groups is 1. The Morgan fingerprint density at radius 2 is 1.69 bits per heavy atom. The van der Waals surface area contributed by atoms with E-state index in [1.807, 2.05) is 6.92 Å². The van der Waals surface area contributed by atoms with E-state index in [-0.39, 0.29) is 23.2 Å². The molecular formula is C21H24F2N2O3S. The number of benzene rings is 2. The number of rotatable bonds is 6. The monoisotopic (exact) mass is 422 g/mol. The smallest absolute Gasteiger partial charge is 0.243 e. The van der Waals surface area contributed by atoms with Crippen LogP contribution in [0.5, 0.6) is 0 Å². The van der Waals surface area contributed by atoms with Crippen LogP contribution in [0.4, 0.5) is 14.5 Å². The van der Waals surface area contributed by atoms with Crippen LogP contribution in [0.25, 0.3) is 0 Å². The Balaban J connectivity index is 1.84. The van der Waals surface area contributed by atoms with Crippen LogP contribution in [0.3, 0.4) is 0 Å². The fourth-order valence-electron chi connectivity index (χ4n) is 3.54. The maximum atomic E-state index is 13.4. The summed E-state index contributed by atoms with van der Waals surface area (Å²) in [4.78, 5) is 12.7. The lowest BCUT2D eigenvalue weighted by Crippen LogP contribution is -2.45. The second-order valence-corrected chi connectivity index (χ2v) is 9.22. The first-order valence-electron chi connectivity index (χ1n) is 9.61. The van der Waals surface area contributed by atoms with Gasteiger partial charge in [0.1, 0.15) is 0 Å². The summed E-state index contributed by atoms with van der Waals surface area (Å²) >= 11 is 0. The van der Waals surface area contributed by atoms with Crippen molar-refractivity contribution in [3.63, 3.8) is 0 Å². The number of anilines is 1. The van der Waals surface area contributed by atoms with Crippen LogP contribution in [0.15, 0.2) is 47.4 Å². The molecule has 2 aromatic carbocycles. The van der Waals surface area contributed by atoms with Gasteiger partial charge in [0.2, 0.25) is 15.9 Å². The summed E-state index contributed by atoms with van der Waals surface area (Å²) in [6, 6.07) is 9.24. The number of sulfonamides is 1. The maximum Gasteiger partial charge on any atom is 0.243 e. The van der Waals surface area contributed by atoms with Crippen molar-refractivity contribution in [2.24, 2.45) is 0 Å². The summed E-state index contributed by atoms with van der Waals surface area (Å²) in [6.45, 7) is 1.48. The van der Waals surface area contributed by atoms with Gasteiger partial charge >= 0.3 is 0 Å². The molecule has 0 heterocycles. The van der Waals surface area contributed by atoms with Gasteiger partial charge in [-0.05, 0) is 44.0 Å². The Hall–Kier alpha value is -2.32. The maximum absolute atomic E-state index is 13.4. The van der Waals surface area contributed by atoms with Crippen LogP contribution in [-0.2, 0) is 14.8 Å². The molecule has 8 heteroatoms. The van der Waals surface area contributed by atoms with E-state index >= 15 is 0 Å². The van der Waals surface area contributed by atoms with Gasteiger partial charge < -0.3 is 5.32 Å². The van der Waals surface area contributed by atoms with Crippen LogP contribution in [0, 0.1) is 18.6 Å². The predicted octanol–water partition coefficient (Wildman–Crippen LogP) is 4.24. The molecule has 1 N–H and O–H groups in total. The molecular weight excluding hydrogens is 398 g/mol. The Kier molecular flexibility index (Phi) is 6.64. The molecule has 0 aromatic heterocycles. The Morgan fingerprint density at radius 1 is 1.03 bits per heavy atom. The zero-order valence-electron chi connectivity index (χ0n) is 16.2. The van der Waals surface area contributed by atoms with Crippen LogP contribution in [0.2, 0.25) is 0 Å². The van der Waals surface area contributed by atoms with E-state index in [2.05, 4.69) is 5.32 Å². The van der Waals surface area contributed by atoms with Crippen molar-refractivity contribution < 1.29 is 22.0 Å². The van der Waals surface area contributed by atoms with Crippen LogP contribution >= 0.6 is 0 Å². The number of carbonyl (C=O) groups excluding carboxylic acids is 1. The molecule has 3 rings (SSSR count). The highest BCUT2D eigenvalue weighted by Gasteiger charge is 2.34. The standard InChI is InChI=1S/C21H24F2N2O3S/c1-15-7-10-18(11-8-15)29(27,28)25(17-5-3-2-4-6-17)14-21(26)24-16-9-12-19(22)20(23)13-16/h7-13,17H,2-6,14H2,1H3,(H,24,26). The third-order valence-corrected chi connectivity index (χ3v) is 7.02. The van der Waals surface area contributed by atoms with Crippen molar-refractivity contribution in [3.05, 3.63) is 59.7 Å². The highest BCUT2D eigenvalue weighted by Crippen LogP contribution is 2.28. The van der Waals surface area contributed by atoms with Crippen LogP contribution in [0.1, 0.15) is 37.7 Å². The van der Waals surface area contributed by atoms with E-state index < -0.39 is 27.6 Å². The zero-order valence-corrected chi connectivity index (χ0v) is 17.0. The average Bonchev–Trinajstić information content (AvgIpc) is 2.70. The molecule has 1 aliphatic rings. The number of amides is 1. The average molecular weight is 422 g/mol. The molecule has 5 nitrogen and oxygen atoms in total. The molecule has 0 unspecified atom stereocenters. The molecule has 1 fully saturated rings. The summed E-state index contributed by atoms with van der Waals surface area (Å²) in [5.41, 5.74) is 1.01. The first-order valence-corrected chi connectivity index (χ1v) is 11.0. The molecule has 0 atom stereocenters. The molecule has 1 saturated carbocycles. The quantitative estimate of drug-likeness (QED) is 0.757. The second-order valence-electron chi connectivity index (χ2n) is 7.33. The van der Waals surface area contributed by atoms with Crippen LogP contribution < -0.4 is 5.32 Å². The summed E-state index contributed by atoms with van der Waals surface area (Å²) in [5, 5.41) is 2.46. The molecule has 0 saturated heterocycles. The van der Waals surface area contributed by atoms with Gasteiger partial charge in [0.25, 0.3) is 0 Å². The Bertz CT molecular complexity index is 972. The van der Waals surface area contributed by atoms with E-state index in [1.165, 1.54) is 22.5 Å². The fraction of sp³-hybridized carbons (Fsp3) is 0.381. The lowest BCUT2D eigenvalue weighted by molar-refractivity contribution is -0.116. The van der Waals surface area contributed by atoms with E-state index in [1.54, 1.807) is 12.1 Å². The number of halogens is 2. The molecule has 1 amide bonds. The number of nitrogens with one attached hydrogen (secondary N) is 1. The van der Waals surface area contributed by atoms with Crippen LogP contribution in [-0.4, -0.2) is 31.2 Å². The van der Waals surface area contributed by atoms with Crippen molar-refractivity contribution >= 4 is 21.6 Å². The Labute approximate surface area is 169 Å². The number of nitrogens with zero attached hydrogens (tertiary/aromatic N) is 1. The topological polar surface area (TPSA) is 66.5 Å². The molecule has 0 spiro atoms. The van der Waals surface area contributed by atoms with Crippen molar-refractivity contribution in [2.75, 3.05) is 11.9 Å². The zero-order chi connectivity index (χ0) is 21.0. The summed E-state index contributed by atoms with van der Waals surface area (Å²) in [7, 11) is -3.88. The lowest BCUT2D eigenvalue weighted by Gasteiger charge is -2.33. The lowest BCUT2D eigenvalue weighted by atomic mass is 9.95.